The standard InChI is InChI=1S/C21H21F2N3S.C2H6/c1-14-19(22)12-17-13-24-26(21(17)20(14)23)18-6-4-15(5-7-18)16-8-10-25(11-9-16)27(2)3;1-2/h4-8,12-13H,2,9-11H2,1,3H3;1-2H3. The highest BCUT2D eigenvalue weighted by Gasteiger charge is 2.17. The van der Waals surface area contributed by atoms with Crippen molar-refractivity contribution in [1.29, 1.82) is 0 Å². The Morgan fingerprint density at radius 3 is 2.41 bits per heavy atom. The molecule has 2 heterocycles. The summed E-state index contributed by atoms with van der Waals surface area (Å²) in [6, 6.07) is 9.26. The lowest BCUT2D eigenvalue weighted by Crippen LogP contribution is -2.22. The van der Waals surface area contributed by atoms with E-state index in [1.807, 2.05) is 38.1 Å². The molecule has 1 aliphatic rings. The third-order valence-corrected chi connectivity index (χ3v) is 6.28. The molecular formula is C23H27F2N3S. The summed E-state index contributed by atoms with van der Waals surface area (Å²) in [6.45, 7) is 7.37. The second-order valence-electron chi connectivity index (χ2n) is 6.81. The summed E-state index contributed by atoms with van der Waals surface area (Å²) >= 11 is 0. The van der Waals surface area contributed by atoms with Crippen LogP contribution in [0.2, 0.25) is 0 Å². The van der Waals surface area contributed by atoms with Crippen LogP contribution < -0.4 is 0 Å². The molecule has 0 radical (unpaired) electrons. The molecule has 1 unspecified atom stereocenters. The van der Waals surface area contributed by atoms with Crippen LogP contribution in [0, 0.1) is 18.6 Å². The van der Waals surface area contributed by atoms with Crippen LogP contribution in [0.15, 0.2) is 42.6 Å². The Hall–Kier alpha value is -2.31. The molecule has 1 aliphatic heterocycles. The molecule has 0 fully saturated rings. The van der Waals surface area contributed by atoms with Crippen LogP contribution in [0.3, 0.4) is 0 Å². The van der Waals surface area contributed by atoms with Crippen LogP contribution in [0.25, 0.3) is 22.2 Å². The normalized spacial score (nSPS) is 15.6. The first-order valence-electron chi connectivity index (χ1n) is 9.78. The quantitative estimate of drug-likeness (QED) is 0.491. The molecule has 0 amide bonds. The molecule has 4 rings (SSSR count). The Kier molecular flexibility index (Phi) is 6.65. The maximum absolute atomic E-state index is 14.6. The lowest BCUT2D eigenvalue weighted by molar-refractivity contribution is 0.517. The maximum atomic E-state index is 14.6. The minimum absolute atomic E-state index is 0.0122. The number of hydrogen-bond acceptors (Lipinski definition) is 2. The molecule has 1 aromatic heterocycles. The molecular weight excluding hydrogens is 388 g/mol. The fraction of sp³-hybridized carbons (Fsp3) is 0.304. The van der Waals surface area contributed by atoms with Gasteiger partial charge in [-0.2, -0.15) is 5.10 Å². The average molecular weight is 416 g/mol. The highest BCUT2D eigenvalue weighted by atomic mass is 32.2. The minimum atomic E-state index is -0.565. The van der Waals surface area contributed by atoms with Gasteiger partial charge in [-0.1, -0.05) is 37.9 Å². The van der Waals surface area contributed by atoms with E-state index in [1.165, 1.54) is 29.4 Å². The van der Waals surface area contributed by atoms with E-state index in [0.717, 1.165) is 30.8 Å². The molecule has 29 heavy (non-hydrogen) atoms. The first-order valence-corrected chi connectivity index (χ1v) is 11.5. The summed E-state index contributed by atoms with van der Waals surface area (Å²) in [5.74, 6) is 2.99. The van der Waals surface area contributed by atoms with Crippen molar-refractivity contribution in [1.82, 2.24) is 14.1 Å². The Bertz CT molecular complexity index is 1070. The van der Waals surface area contributed by atoms with Gasteiger partial charge in [0.1, 0.15) is 11.3 Å². The summed E-state index contributed by atoms with van der Waals surface area (Å²) in [5.41, 5.74) is 3.55. The number of nitrogens with zero attached hydrogens (tertiary/aromatic N) is 3. The summed E-state index contributed by atoms with van der Waals surface area (Å²) in [7, 11) is 0.0481. The Labute approximate surface area is 173 Å². The molecule has 1 atom stereocenters. The monoisotopic (exact) mass is 415 g/mol. The summed E-state index contributed by atoms with van der Waals surface area (Å²) in [6.07, 6.45) is 6.87. The zero-order chi connectivity index (χ0) is 21.1. The lowest BCUT2D eigenvalue weighted by atomic mass is 10.00. The minimum Gasteiger partial charge on any atom is -0.253 e. The number of fused-ring (bicyclic) bond motifs is 1. The van der Waals surface area contributed by atoms with E-state index in [1.54, 1.807) is 0 Å². The molecule has 0 saturated carbocycles. The predicted molar refractivity (Wildman–Crippen MR) is 122 cm³/mol. The Morgan fingerprint density at radius 1 is 1.14 bits per heavy atom. The van der Waals surface area contributed by atoms with E-state index in [2.05, 4.69) is 27.6 Å². The van der Waals surface area contributed by atoms with Gasteiger partial charge in [0.25, 0.3) is 0 Å². The highest BCUT2D eigenvalue weighted by molar-refractivity contribution is 8.11. The van der Waals surface area contributed by atoms with E-state index in [0.29, 0.717) is 10.9 Å². The van der Waals surface area contributed by atoms with Crippen LogP contribution in [-0.4, -0.2) is 39.3 Å². The third-order valence-electron chi connectivity index (χ3n) is 5.07. The number of halogens is 2. The van der Waals surface area contributed by atoms with Crippen molar-refractivity contribution in [3.8, 4) is 5.69 Å². The Balaban J connectivity index is 0.00000117. The molecule has 0 saturated heterocycles. The van der Waals surface area contributed by atoms with Crippen molar-refractivity contribution < 1.29 is 8.78 Å². The van der Waals surface area contributed by atoms with Crippen LogP contribution in [-0.2, 0) is 0 Å². The molecule has 3 nitrogen and oxygen atoms in total. The van der Waals surface area contributed by atoms with Crippen molar-refractivity contribution in [2.75, 3.05) is 19.3 Å². The van der Waals surface area contributed by atoms with Gasteiger partial charge >= 0.3 is 0 Å². The molecule has 0 bridgehead atoms. The van der Waals surface area contributed by atoms with Gasteiger partial charge in [0.15, 0.2) is 5.82 Å². The van der Waals surface area contributed by atoms with E-state index in [9.17, 15) is 8.78 Å². The van der Waals surface area contributed by atoms with Gasteiger partial charge in [-0.15, -0.1) is 10.7 Å². The molecule has 0 N–H and O–H groups in total. The van der Waals surface area contributed by atoms with E-state index >= 15 is 0 Å². The van der Waals surface area contributed by atoms with Crippen LogP contribution >= 0.6 is 10.7 Å². The first-order chi connectivity index (χ1) is 14.0. The summed E-state index contributed by atoms with van der Waals surface area (Å²) in [4.78, 5) is 0. The summed E-state index contributed by atoms with van der Waals surface area (Å²) in [5, 5.41) is 4.72. The second kappa shape index (κ2) is 9.01. The second-order valence-corrected chi connectivity index (χ2v) is 8.52. The SMILES string of the molecule is C=S(C)N1CC=C(c2ccc(-n3ncc4cc(F)c(C)c(F)c43)cc2)CC1.CC. The van der Waals surface area contributed by atoms with Gasteiger partial charge in [-0.05, 0) is 48.9 Å². The van der Waals surface area contributed by atoms with Crippen molar-refractivity contribution in [3.05, 3.63) is 65.4 Å². The van der Waals surface area contributed by atoms with Gasteiger partial charge in [-0.3, -0.25) is 4.31 Å². The fourth-order valence-corrected chi connectivity index (χ4v) is 4.15. The Morgan fingerprint density at radius 2 is 1.83 bits per heavy atom. The van der Waals surface area contributed by atoms with E-state index in [4.69, 9.17) is 0 Å². The zero-order valence-corrected chi connectivity index (χ0v) is 18.2. The molecule has 2 aromatic carbocycles. The highest BCUT2D eigenvalue weighted by Crippen LogP contribution is 2.29. The smallest absolute Gasteiger partial charge is 0.155 e. The maximum Gasteiger partial charge on any atom is 0.155 e. The van der Waals surface area contributed by atoms with Crippen LogP contribution in [0.5, 0.6) is 0 Å². The topological polar surface area (TPSA) is 21.1 Å². The third kappa shape index (κ3) is 4.19. The molecule has 154 valence electrons. The van der Waals surface area contributed by atoms with Crippen molar-refractivity contribution >= 4 is 33.0 Å². The van der Waals surface area contributed by atoms with Crippen molar-refractivity contribution in [2.24, 2.45) is 0 Å². The average Bonchev–Trinajstić information content (AvgIpc) is 3.17. The van der Waals surface area contributed by atoms with Crippen molar-refractivity contribution in [2.45, 2.75) is 27.2 Å². The molecule has 3 aromatic rings. The number of hydrogen-bond donors (Lipinski definition) is 0. The van der Waals surface area contributed by atoms with Gasteiger partial charge in [0.05, 0.1) is 11.9 Å². The van der Waals surface area contributed by atoms with Gasteiger partial charge in [-0.25, -0.2) is 13.5 Å². The van der Waals surface area contributed by atoms with E-state index in [-0.39, 0.29) is 16.2 Å². The largest absolute Gasteiger partial charge is 0.253 e. The fourth-order valence-electron chi connectivity index (χ4n) is 3.42. The molecule has 6 heteroatoms. The lowest BCUT2D eigenvalue weighted by Gasteiger charge is -2.27. The van der Waals surface area contributed by atoms with Gasteiger partial charge < -0.3 is 0 Å². The number of aromatic nitrogens is 2. The van der Waals surface area contributed by atoms with Crippen LogP contribution in [0.4, 0.5) is 8.78 Å². The van der Waals surface area contributed by atoms with Crippen molar-refractivity contribution in [3.63, 3.8) is 0 Å². The number of benzene rings is 2. The van der Waals surface area contributed by atoms with Crippen LogP contribution in [0.1, 0.15) is 31.4 Å². The predicted octanol–water partition coefficient (Wildman–Crippen LogP) is 5.97. The van der Waals surface area contributed by atoms with Gasteiger partial charge in [0, 0.05) is 24.0 Å². The van der Waals surface area contributed by atoms with E-state index < -0.39 is 11.6 Å². The number of rotatable bonds is 3. The first kappa shape index (κ1) is 21.4. The summed E-state index contributed by atoms with van der Waals surface area (Å²) < 4.78 is 32.2. The molecule has 0 aliphatic carbocycles. The molecule has 0 spiro atoms. The van der Waals surface area contributed by atoms with Gasteiger partial charge in [0.2, 0.25) is 0 Å². The zero-order valence-electron chi connectivity index (χ0n) is 17.4.